The normalized spacial score (nSPS) is 32.9. The van der Waals surface area contributed by atoms with Crippen molar-refractivity contribution in [2.75, 3.05) is 12.3 Å². The van der Waals surface area contributed by atoms with Gasteiger partial charge in [-0.3, -0.25) is 0 Å². The molecular weight excluding hydrogens is 297 g/mol. The molecule has 0 spiro atoms. The van der Waals surface area contributed by atoms with Crippen LogP contribution in [0.25, 0.3) is 10.2 Å². The van der Waals surface area contributed by atoms with Crippen LogP contribution < -0.4 is 5.73 Å². The second kappa shape index (κ2) is 5.13. The van der Waals surface area contributed by atoms with Gasteiger partial charge in [-0.1, -0.05) is 6.92 Å². The minimum absolute atomic E-state index is 0.306. The average molecular weight is 313 g/mol. The summed E-state index contributed by atoms with van der Waals surface area (Å²) < 4.78 is 20.8. The van der Waals surface area contributed by atoms with Gasteiger partial charge in [0, 0.05) is 5.56 Å². The van der Waals surface area contributed by atoms with Crippen molar-refractivity contribution in [3.63, 3.8) is 0 Å². The largest absolute Gasteiger partial charge is 0.393 e. The molecule has 1 aliphatic rings. The summed E-state index contributed by atoms with van der Waals surface area (Å²) in [7, 11) is 0. The van der Waals surface area contributed by atoms with Crippen molar-refractivity contribution < 1.29 is 19.3 Å². The summed E-state index contributed by atoms with van der Waals surface area (Å²) in [6.07, 6.45) is -2.38. The zero-order valence-corrected chi connectivity index (χ0v) is 12.2. The number of anilines is 1. The standard InChI is InChI=1S/C13H16FN3O3S/c1-2-13(4-18)11(19)7(14)9(20-13)6-3-21-10-8(6)16-5-17-12(10)15/h3,5,7,9,11,18-19H,2,4H2,1H3,(H2,15,16,17)/t7-,9-,11-,13+/m0/s1. The molecule has 3 rings (SSSR count). The Balaban J connectivity index is 2.06. The van der Waals surface area contributed by atoms with Crippen LogP contribution >= 0.6 is 11.3 Å². The molecule has 2 aromatic rings. The molecule has 1 fully saturated rings. The number of hydrogen-bond donors (Lipinski definition) is 3. The molecule has 0 saturated carbocycles. The molecule has 8 heteroatoms. The van der Waals surface area contributed by atoms with Gasteiger partial charge in [-0.15, -0.1) is 11.3 Å². The number of nitrogens with zero attached hydrogens (tertiary/aromatic N) is 2. The summed E-state index contributed by atoms with van der Waals surface area (Å²) in [6, 6.07) is 0. The lowest BCUT2D eigenvalue weighted by Gasteiger charge is -2.28. The van der Waals surface area contributed by atoms with Crippen LogP contribution in [-0.2, 0) is 4.74 Å². The van der Waals surface area contributed by atoms with Crippen LogP contribution in [0.4, 0.5) is 10.2 Å². The smallest absolute Gasteiger partial charge is 0.159 e. The molecule has 0 unspecified atom stereocenters. The van der Waals surface area contributed by atoms with E-state index < -0.39 is 30.6 Å². The van der Waals surface area contributed by atoms with Crippen molar-refractivity contribution in [1.29, 1.82) is 0 Å². The van der Waals surface area contributed by atoms with Gasteiger partial charge in [-0.05, 0) is 11.8 Å². The fourth-order valence-electron chi connectivity index (χ4n) is 2.70. The van der Waals surface area contributed by atoms with Crippen LogP contribution in [0.1, 0.15) is 25.0 Å². The average Bonchev–Trinajstić information content (AvgIpc) is 3.02. The van der Waals surface area contributed by atoms with Gasteiger partial charge in [0.1, 0.15) is 30.0 Å². The highest BCUT2D eigenvalue weighted by Gasteiger charge is 2.54. The van der Waals surface area contributed by atoms with Gasteiger partial charge in [0.15, 0.2) is 6.17 Å². The minimum Gasteiger partial charge on any atom is -0.393 e. The summed E-state index contributed by atoms with van der Waals surface area (Å²) in [4.78, 5) is 8.03. The fourth-order valence-corrected chi connectivity index (χ4v) is 3.65. The summed E-state index contributed by atoms with van der Waals surface area (Å²) in [5.74, 6) is 0.328. The SMILES string of the molecule is CC[C@]1(CO)O[C@@H](c2csc3c(N)ncnc23)[C@H](F)[C@@H]1O. The van der Waals surface area contributed by atoms with Gasteiger partial charge >= 0.3 is 0 Å². The number of aromatic nitrogens is 2. The van der Waals surface area contributed by atoms with Crippen molar-refractivity contribution >= 4 is 27.4 Å². The van der Waals surface area contributed by atoms with E-state index in [0.29, 0.717) is 28.0 Å². The van der Waals surface area contributed by atoms with Crippen molar-refractivity contribution in [2.24, 2.45) is 0 Å². The number of halogens is 1. The summed E-state index contributed by atoms with van der Waals surface area (Å²) in [5, 5.41) is 21.3. The number of ether oxygens (including phenoxy) is 1. The molecule has 6 nitrogen and oxygen atoms in total. The number of hydrogen-bond acceptors (Lipinski definition) is 7. The highest BCUT2D eigenvalue weighted by atomic mass is 32.1. The molecule has 4 N–H and O–H groups in total. The Morgan fingerprint density at radius 2 is 2.29 bits per heavy atom. The van der Waals surface area contributed by atoms with E-state index in [-0.39, 0.29) is 0 Å². The number of thiophene rings is 1. The topological polar surface area (TPSA) is 101 Å². The Labute approximate surface area is 124 Å². The van der Waals surface area contributed by atoms with E-state index in [0.717, 1.165) is 0 Å². The van der Waals surface area contributed by atoms with E-state index in [1.165, 1.54) is 17.7 Å². The van der Waals surface area contributed by atoms with Crippen LogP contribution in [0.5, 0.6) is 0 Å². The van der Waals surface area contributed by atoms with Crippen LogP contribution in [-0.4, -0.2) is 44.7 Å². The Hall–Kier alpha value is -1.35. The highest BCUT2D eigenvalue weighted by molar-refractivity contribution is 7.17. The van der Waals surface area contributed by atoms with Gasteiger partial charge < -0.3 is 20.7 Å². The van der Waals surface area contributed by atoms with E-state index in [9.17, 15) is 14.6 Å². The van der Waals surface area contributed by atoms with Crippen molar-refractivity contribution in [2.45, 2.75) is 37.3 Å². The lowest BCUT2D eigenvalue weighted by molar-refractivity contribution is -0.114. The van der Waals surface area contributed by atoms with E-state index in [4.69, 9.17) is 10.5 Å². The maximum Gasteiger partial charge on any atom is 0.159 e. The molecule has 3 heterocycles. The highest BCUT2D eigenvalue weighted by Crippen LogP contribution is 2.46. The van der Waals surface area contributed by atoms with Crippen molar-refractivity contribution in [1.82, 2.24) is 9.97 Å². The maximum absolute atomic E-state index is 14.5. The number of alkyl halides is 1. The van der Waals surface area contributed by atoms with Crippen molar-refractivity contribution in [3.8, 4) is 0 Å². The van der Waals surface area contributed by atoms with Gasteiger partial charge in [0.05, 0.1) is 16.8 Å². The van der Waals surface area contributed by atoms with E-state index in [1.54, 1.807) is 12.3 Å². The number of fused-ring (bicyclic) bond motifs is 1. The van der Waals surface area contributed by atoms with Crippen LogP contribution in [0.15, 0.2) is 11.7 Å². The molecule has 0 amide bonds. The third-order valence-corrected chi connectivity index (χ3v) is 5.08. The summed E-state index contributed by atoms with van der Waals surface area (Å²) in [6.45, 7) is 1.29. The van der Waals surface area contributed by atoms with E-state index in [2.05, 4.69) is 9.97 Å². The minimum atomic E-state index is -1.63. The molecule has 114 valence electrons. The lowest BCUT2D eigenvalue weighted by Crippen LogP contribution is -2.44. The van der Waals surface area contributed by atoms with Gasteiger partial charge in [0.2, 0.25) is 0 Å². The molecule has 21 heavy (non-hydrogen) atoms. The molecule has 0 bridgehead atoms. The molecule has 0 radical (unpaired) electrons. The van der Waals surface area contributed by atoms with Crippen LogP contribution in [0, 0.1) is 0 Å². The Morgan fingerprint density at radius 1 is 1.52 bits per heavy atom. The third kappa shape index (κ3) is 2.02. The first-order valence-corrected chi connectivity index (χ1v) is 7.50. The van der Waals surface area contributed by atoms with Crippen LogP contribution in [0.3, 0.4) is 0 Å². The predicted molar refractivity (Wildman–Crippen MR) is 76.7 cm³/mol. The van der Waals surface area contributed by atoms with E-state index >= 15 is 0 Å². The Kier molecular flexibility index (Phi) is 3.56. The summed E-state index contributed by atoms with van der Waals surface area (Å²) in [5.41, 5.74) is 5.54. The van der Waals surface area contributed by atoms with Gasteiger partial charge in [0.25, 0.3) is 0 Å². The van der Waals surface area contributed by atoms with Gasteiger partial charge in [-0.25, -0.2) is 14.4 Å². The molecule has 2 aromatic heterocycles. The number of aliphatic hydroxyl groups excluding tert-OH is 2. The monoisotopic (exact) mass is 313 g/mol. The molecule has 0 aliphatic carbocycles. The van der Waals surface area contributed by atoms with E-state index in [1.807, 2.05) is 0 Å². The quantitative estimate of drug-likeness (QED) is 0.786. The summed E-state index contributed by atoms with van der Waals surface area (Å²) >= 11 is 1.31. The number of nitrogen functional groups attached to an aromatic ring is 1. The molecule has 1 aliphatic heterocycles. The predicted octanol–water partition coefficient (Wildman–Crippen LogP) is 1.18. The molecule has 0 aromatic carbocycles. The third-order valence-electron chi connectivity index (χ3n) is 4.07. The second-order valence-electron chi connectivity index (χ2n) is 5.13. The molecule has 1 saturated heterocycles. The number of rotatable bonds is 3. The number of aliphatic hydroxyl groups is 2. The first-order valence-electron chi connectivity index (χ1n) is 6.62. The Bertz CT molecular complexity index is 661. The number of nitrogens with two attached hydrogens (primary N) is 1. The van der Waals surface area contributed by atoms with Crippen molar-refractivity contribution in [3.05, 3.63) is 17.3 Å². The second-order valence-corrected chi connectivity index (χ2v) is 6.01. The zero-order chi connectivity index (χ0) is 15.2. The maximum atomic E-state index is 14.5. The molecule has 4 atom stereocenters. The van der Waals surface area contributed by atoms with Crippen LogP contribution in [0.2, 0.25) is 0 Å². The molecular formula is C13H16FN3O3S. The Morgan fingerprint density at radius 3 is 2.90 bits per heavy atom. The first-order chi connectivity index (χ1) is 10.0. The fraction of sp³-hybridized carbons (Fsp3) is 0.538. The lowest BCUT2D eigenvalue weighted by atomic mass is 9.92. The first kappa shape index (κ1) is 14.6. The zero-order valence-electron chi connectivity index (χ0n) is 11.4. The van der Waals surface area contributed by atoms with Gasteiger partial charge in [-0.2, -0.15) is 0 Å².